The summed E-state index contributed by atoms with van der Waals surface area (Å²) in [5.74, 6) is 0.0711. The normalized spacial score (nSPS) is 12.3. The summed E-state index contributed by atoms with van der Waals surface area (Å²) in [6, 6.07) is 0. The van der Waals surface area contributed by atoms with Gasteiger partial charge in [-0.2, -0.15) is 0 Å². The number of methoxy groups -OCH3 is 1. The van der Waals surface area contributed by atoms with Crippen LogP contribution in [-0.2, 0) is 11.3 Å². The molecule has 1 unspecified atom stereocenters. The number of nitrogens with one attached hydrogen (secondary N) is 2. The van der Waals surface area contributed by atoms with Gasteiger partial charge in [0.15, 0.2) is 0 Å². The lowest BCUT2D eigenvalue weighted by atomic mass is 10.2. The van der Waals surface area contributed by atoms with E-state index in [4.69, 9.17) is 10.5 Å². The van der Waals surface area contributed by atoms with E-state index in [1.165, 1.54) is 11.7 Å². The zero-order valence-corrected chi connectivity index (χ0v) is 11.8. The standard InChI is InChI=1S/C12H22N4O4/c1-3-8(17)4-5-14-9-10(13)16(6-7-20-2)12(19)15-11(9)18/h8,14,17H,3-7,13H2,1-2H3,(H,15,18,19). The number of aliphatic hydroxyl groups is 1. The monoisotopic (exact) mass is 286 g/mol. The molecule has 5 N–H and O–H groups in total. The Balaban J connectivity index is 2.90. The van der Waals surface area contributed by atoms with E-state index in [2.05, 4.69) is 10.3 Å². The summed E-state index contributed by atoms with van der Waals surface area (Å²) in [5, 5.41) is 12.3. The topological polar surface area (TPSA) is 122 Å². The van der Waals surface area contributed by atoms with E-state index in [1.54, 1.807) is 0 Å². The van der Waals surface area contributed by atoms with E-state index in [0.29, 0.717) is 26.0 Å². The number of hydrogen-bond acceptors (Lipinski definition) is 6. The lowest BCUT2D eigenvalue weighted by Gasteiger charge is -2.14. The molecule has 0 aliphatic carbocycles. The molecular formula is C12H22N4O4. The number of anilines is 2. The first kappa shape index (κ1) is 16.3. The summed E-state index contributed by atoms with van der Waals surface area (Å²) in [7, 11) is 1.51. The van der Waals surface area contributed by atoms with Gasteiger partial charge in [-0.15, -0.1) is 0 Å². The first-order chi connectivity index (χ1) is 9.51. The Morgan fingerprint density at radius 3 is 2.80 bits per heavy atom. The van der Waals surface area contributed by atoms with Gasteiger partial charge in [-0.25, -0.2) is 4.79 Å². The highest BCUT2D eigenvalue weighted by Gasteiger charge is 2.12. The molecular weight excluding hydrogens is 264 g/mol. The minimum absolute atomic E-state index is 0.0711. The molecule has 0 saturated carbocycles. The molecule has 0 aromatic carbocycles. The maximum absolute atomic E-state index is 11.7. The summed E-state index contributed by atoms with van der Waals surface area (Å²) in [4.78, 5) is 25.6. The summed E-state index contributed by atoms with van der Waals surface area (Å²) in [6.45, 7) is 2.83. The lowest BCUT2D eigenvalue weighted by Crippen LogP contribution is -2.35. The van der Waals surface area contributed by atoms with E-state index < -0.39 is 17.4 Å². The summed E-state index contributed by atoms with van der Waals surface area (Å²) >= 11 is 0. The number of aromatic nitrogens is 2. The highest BCUT2D eigenvalue weighted by Crippen LogP contribution is 2.10. The molecule has 1 atom stereocenters. The molecule has 0 radical (unpaired) electrons. The van der Waals surface area contributed by atoms with Crippen molar-refractivity contribution < 1.29 is 9.84 Å². The number of rotatable bonds is 8. The van der Waals surface area contributed by atoms with Crippen LogP contribution in [0.1, 0.15) is 19.8 Å². The van der Waals surface area contributed by atoms with Crippen molar-refractivity contribution >= 4 is 11.5 Å². The number of H-pyrrole nitrogens is 1. The molecule has 20 heavy (non-hydrogen) atoms. The largest absolute Gasteiger partial charge is 0.393 e. The van der Waals surface area contributed by atoms with Gasteiger partial charge in [0.05, 0.1) is 19.3 Å². The number of nitrogens with zero attached hydrogens (tertiary/aromatic N) is 1. The molecule has 114 valence electrons. The van der Waals surface area contributed by atoms with Crippen LogP contribution in [0.3, 0.4) is 0 Å². The third-order valence-corrected chi connectivity index (χ3v) is 3.01. The molecule has 0 amide bonds. The smallest absolute Gasteiger partial charge is 0.330 e. The predicted molar refractivity (Wildman–Crippen MR) is 77.0 cm³/mol. The van der Waals surface area contributed by atoms with Crippen LogP contribution in [0.15, 0.2) is 9.59 Å². The molecule has 0 saturated heterocycles. The van der Waals surface area contributed by atoms with E-state index in [-0.39, 0.29) is 18.1 Å². The lowest BCUT2D eigenvalue weighted by molar-refractivity contribution is 0.164. The second-order valence-electron chi connectivity index (χ2n) is 4.44. The van der Waals surface area contributed by atoms with Gasteiger partial charge in [0.2, 0.25) is 0 Å². The van der Waals surface area contributed by atoms with Crippen LogP contribution in [-0.4, -0.2) is 41.0 Å². The Bertz CT molecular complexity index is 537. The maximum atomic E-state index is 11.7. The third-order valence-electron chi connectivity index (χ3n) is 3.01. The Labute approximate surface area is 116 Å². The maximum Gasteiger partial charge on any atom is 0.330 e. The van der Waals surface area contributed by atoms with Crippen LogP contribution in [0.25, 0.3) is 0 Å². The summed E-state index contributed by atoms with van der Waals surface area (Å²) < 4.78 is 6.13. The number of nitrogens with two attached hydrogens (primary N) is 1. The SMILES string of the molecule is CCC(O)CCNc1c(N)n(CCOC)c(=O)[nH]c1=O. The fourth-order valence-electron chi connectivity index (χ4n) is 1.73. The fourth-order valence-corrected chi connectivity index (χ4v) is 1.73. The van der Waals surface area contributed by atoms with Crippen LogP contribution in [0.5, 0.6) is 0 Å². The molecule has 1 rings (SSSR count). The van der Waals surface area contributed by atoms with Crippen LogP contribution < -0.4 is 22.3 Å². The van der Waals surface area contributed by atoms with Gasteiger partial charge in [-0.3, -0.25) is 14.3 Å². The number of ether oxygens (including phenoxy) is 1. The number of aliphatic hydroxyl groups excluding tert-OH is 1. The average molecular weight is 286 g/mol. The van der Waals surface area contributed by atoms with Crippen molar-refractivity contribution in [3.63, 3.8) is 0 Å². The molecule has 0 spiro atoms. The Hall–Kier alpha value is -1.80. The molecule has 1 heterocycles. The third kappa shape index (κ3) is 4.10. The first-order valence-corrected chi connectivity index (χ1v) is 6.54. The van der Waals surface area contributed by atoms with Crippen LogP contribution >= 0.6 is 0 Å². The number of hydrogen-bond donors (Lipinski definition) is 4. The zero-order chi connectivity index (χ0) is 15.1. The van der Waals surface area contributed by atoms with Gasteiger partial charge in [-0.05, 0) is 12.8 Å². The molecule has 0 aliphatic rings. The second-order valence-corrected chi connectivity index (χ2v) is 4.44. The Kier molecular flexibility index (Phi) is 6.26. The van der Waals surface area contributed by atoms with Crippen LogP contribution in [0.4, 0.5) is 11.5 Å². The van der Waals surface area contributed by atoms with Crippen molar-refractivity contribution in [2.75, 3.05) is 31.3 Å². The zero-order valence-electron chi connectivity index (χ0n) is 11.8. The fraction of sp³-hybridized carbons (Fsp3) is 0.667. The Morgan fingerprint density at radius 2 is 2.20 bits per heavy atom. The number of aromatic amines is 1. The highest BCUT2D eigenvalue weighted by molar-refractivity contribution is 5.60. The van der Waals surface area contributed by atoms with Crippen molar-refractivity contribution in [2.45, 2.75) is 32.4 Å². The first-order valence-electron chi connectivity index (χ1n) is 6.54. The van der Waals surface area contributed by atoms with Crippen LogP contribution in [0.2, 0.25) is 0 Å². The quantitative estimate of drug-likeness (QED) is 0.503. The van der Waals surface area contributed by atoms with E-state index in [1.807, 2.05) is 6.92 Å². The molecule has 0 bridgehead atoms. The van der Waals surface area contributed by atoms with Crippen molar-refractivity contribution in [2.24, 2.45) is 0 Å². The van der Waals surface area contributed by atoms with Crippen LogP contribution in [0, 0.1) is 0 Å². The average Bonchev–Trinajstić information content (AvgIpc) is 2.41. The van der Waals surface area contributed by atoms with Gasteiger partial charge in [-0.1, -0.05) is 6.92 Å². The Morgan fingerprint density at radius 1 is 1.50 bits per heavy atom. The second kappa shape index (κ2) is 7.71. The van der Waals surface area contributed by atoms with Crippen molar-refractivity contribution in [3.05, 3.63) is 20.8 Å². The van der Waals surface area contributed by atoms with E-state index in [0.717, 1.165) is 0 Å². The number of nitrogen functional groups attached to an aromatic ring is 1. The molecule has 1 aromatic heterocycles. The van der Waals surface area contributed by atoms with Gasteiger partial charge < -0.3 is 20.9 Å². The van der Waals surface area contributed by atoms with Crippen molar-refractivity contribution in [1.82, 2.24) is 9.55 Å². The minimum atomic E-state index is -0.566. The molecule has 8 nitrogen and oxygen atoms in total. The highest BCUT2D eigenvalue weighted by atomic mass is 16.5. The minimum Gasteiger partial charge on any atom is -0.393 e. The molecule has 8 heteroatoms. The summed E-state index contributed by atoms with van der Waals surface area (Å²) in [6.07, 6.45) is 0.704. The van der Waals surface area contributed by atoms with E-state index >= 15 is 0 Å². The summed E-state index contributed by atoms with van der Waals surface area (Å²) in [5.41, 5.74) is 4.85. The van der Waals surface area contributed by atoms with Gasteiger partial charge in [0.1, 0.15) is 11.5 Å². The predicted octanol–water partition coefficient (Wildman–Crippen LogP) is -0.662. The van der Waals surface area contributed by atoms with Gasteiger partial charge >= 0.3 is 5.69 Å². The van der Waals surface area contributed by atoms with Crippen molar-refractivity contribution in [1.29, 1.82) is 0 Å². The molecule has 1 aromatic rings. The van der Waals surface area contributed by atoms with Gasteiger partial charge in [0.25, 0.3) is 5.56 Å². The van der Waals surface area contributed by atoms with E-state index in [9.17, 15) is 14.7 Å². The van der Waals surface area contributed by atoms with Gasteiger partial charge in [0, 0.05) is 13.7 Å². The van der Waals surface area contributed by atoms with Crippen molar-refractivity contribution in [3.8, 4) is 0 Å². The molecule has 0 fully saturated rings. The molecule has 0 aliphatic heterocycles.